The maximum Gasteiger partial charge on any atom is 0.320 e. The summed E-state index contributed by atoms with van der Waals surface area (Å²) in [6.07, 6.45) is 3.19. The molecule has 2 atom stereocenters. The van der Waals surface area contributed by atoms with Crippen LogP contribution in [-0.4, -0.2) is 52.6 Å². The first-order valence-corrected chi connectivity index (χ1v) is 7.68. The van der Waals surface area contributed by atoms with E-state index < -0.39 is 11.9 Å². The fourth-order valence-electron chi connectivity index (χ4n) is 2.84. The van der Waals surface area contributed by atoms with Gasteiger partial charge >= 0.3 is 12.0 Å². The van der Waals surface area contributed by atoms with E-state index in [1.807, 2.05) is 11.8 Å². The summed E-state index contributed by atoms with van der Waals surface area (Å²) in [6.45, 7) is 7.97. The van der Waals surface area contributed by atoms with Crippen molar-refractivity contribution in [2.45, 2.75) is 46.1 Å². The third-order valence-corrected chi connectivity index (χ3v) is 4.38. The zero-order valence-corrected chi connectivity index (χ0v) is 12.7. The Morgan fingerprint density at radius 1 is 1.30 bits per heavy atom. The molecular weight excluding hydrogens is 256 g/mol. The lowest BCUT2D eigenvalue weighted by atomic mass is 9.99. The van der Waals surface area contributed by atoms with Crippen LogP contribution in [0.4, 0.5) is 4.79 Å². The van der Waals surface area contributed by atoms with E-state index in [0.717, 1.165) is 25.8 Å². The molecule has 0 aromatic carbocycles. The zero-order valence-electron chi connectivity index (χ0n) is 12.7. The Balaban J connectivity index is 1.96. The van der Waals surface area contributed by atoms with Crippen LogP contribution in [0.5, 0.6) is 0 Å². The molecule has 5 heteroatoms. The van der Waals surface area contributed by atoms with E-state index in [1.54, 1.807) is 4.90 Å². The highest BCUT2D eigenvalue weighted by molar-refractivity contribution is 5.78. The smallest absolute Gasteiger partial charge is 0.320 e. The predicted octanol–water partition coefficient (Wildman–Crippen LogP) is 2.27. The van der Waals surface area contributed by atoms with E-state index in [-0.39, 0.29) is 11.9 Å². The van der Waals surface area contributed by atoms with E-state index in [4.69, 9.17) is 5.11 Å². The number of hydrogen-bond acceptors (Lipinski definition) is 2. The Labute approximate surface area is 120 Å². The van der Waals surface area contributed by atoms with Gasteiger partial charge in [-0.25, -0.2) is 4.79 Å². The van der Waals surface area contributed by atoms with Crippen LogP contribution in [-0.2, 0) is 4.79 Å². The second-order valence-corrected chi connectivity index (χ2v) is 6.72. The van der Waals surface area contributed by atoms with Gasteiger partial charge in [0.15, 0.2) is 0 Å². The van der Waals surface area contributed by atoms with Crippen LogP contribution < -0.4 is 0 Å². The predicted molar refractivity (Wildman–Crippen MR) is 76.4 cm³/mol. The Kier molecular flexibility index (Phi) is 4.55. The second kappa shape index (κ2) is 6.02. The molecule has 1 aliphatic carbocycles. The molecule has 20 heavy (non-hydrogen) atoms. The molecule has 0 aromatic rings. The Hall–Kier alpha value is -1.26. The summed E-state index contributed by atoms with van der Waals surface area (Å²) in [5.41, 5.74) is 0. The van der Waals surface area contributed by atoms with Crippen molar-refractivity contribution in [2.24, 2.45) is 17.8 Å². The first kappa shape index (κ1) is 15.1. The topological polar surface area (TPSA) is 60.9 Å². The van der Waals surface area contributed by atoms with Crippen molar-refractivity contribution in [3.05, 3.63) is 0 Å². The summed E-state index contributed by atoms with van der Waals surface area (Å²) < 4.78 is 0. The fourth-order valence-corrected chi connectivity index (χ4v) is 2.84. The molecule has 5 nitrogen and oxygen atoms in total. The van der Waals surface area contributed by atoms with E-state index in [9.17, 15) is 9.59 Å². The third-order valence-electron chi connectivity index (χ3n) is 4.38. The monoisotopic (exact) mass is 282 g/mol. The maximum absolute atomic E-state index is 12.6. The summed E-state index contributed by atoms with van der Waals surface area (Å²) in [6, 6.07) is 0.434. The summed E-state index contributed by atoms with van der Waals surface area (Å²) in [5, 5.41) is 9.17. The van der Waals surface area contributed by atoms with E-state index in [1.165, 1.54) is 0 Å². The standard InChI is InChI=1S/C15H26N2O3/c1-10(2)6-7-17(12-4-5-12)15(20)16-8-11(3)13(9-16)14(18)19/h10-13H,4-9H2,1-3H3,(H,18,19)/t11-,13-/m1/s1. The molecule has 1 N–H and O–H groups in total. The minimum atomic E-state index is -0.784. The van der Waals surface area contributed by atoms with Crippen molar-refractivity contribution in [3.8, 4) is 0 Å². The minimum Gasteiger partial charge on any atom is -0.481 e. The van der Waals surface area contributed by atoms with Gasteiger partial charge < -0.3 is 14.9 Å². The fraction of sp³-hybridized carbons (Fsp3) is 0.867. The van der Waals surface area contributed by atoms with Crippen LogP contribution >= 0.6 is 0 Å². The average molecular weight is 282 g/mol. The van der Waals surface area contributed by atoms with Gasteiger partial charge in [0.2, 0.25) is 0 Å². The molecule has 2 rings (SSSR count). The second-order valence-electron chi connectivity index (χ2n) is 6.72. The highest BCUT2D eigenvalue weighted by Gasteiger charge is 2.41. The van der Waals surface area contributed by atoms with Gasteiger partial charge in [0, 0.05) is 25.7 Å². The van der Waals surface area contributed by atoms with Gasteiger partial charge in [-0.05, 0) is 31.1 Å². The van der Waals surface area contributed by atoms with Gasteiger partial charge in [0.25, 0.3) is 0 Å². The average Bonchev–Trinajstić information content (AvgIpc) is 3.11. The molecule has 2 amide bonds. The highest BCUT2D eigenvalue weighted by atomic mass is 16.4. The summed E-state index contributed by atoms with van der Waals surface area (Å²) in [7, 11) is 0. The van der Waals surface area contributed by atoms with Crippen molar-refractivity contribution < 1.29 is 14.7 Å². The number of likely N-dealkylation sites (tertiary alicyclic amines) is 1. The molecule has 1 saturated carbocycles. The van der Waals surface area contributed by atoms with Crippen molar-refractivity contribution in [1.82, 2.24) is 9.80 Å². The van der Waals surface area contributed by atoms with Gasteiger partial charge in [0.1, 0.15) is 0 Å². The van der Waals surface area contributed by atoms with Crippen molar-refractivity contribution in [3.63, 3.8) is 0 Å². The molecule has 0 aromatic heterocycles. The van der Waals surface area contributed by atoms with Gasteiger partial charge in [-0.2, -0.15) is 0 Å². The molecule has 0 unspecified atom stereocenters. The molecule has 114 valence electrons. The number of carbonyl (C=O) groups excluding carboxylic acids is 1. The number of carboxylic acids is 1. The molecule has 0 radical (unpaired) electrons. The number of urea groups is 1. The van der Waals surface area contributed by atoms with Gasteiger partial charge in [0.05, 0.1) is 5.92 Å². The minimum absolute atomic E-state index is 0.0441. The van der Waals surface area contributed by atoms with Crippen molar-refractivity contribution in [1.29, 1.82) is 0 Å². The number of rotatable bonds is 5. The molecule has 1 saturated heterocycles. The summed E-state index contributed by atoms with van der Waals surface area (Å²) >= 11 is 0. The van der Waals surface area contributed by atoms with E-state index in [0.29, 0.717) is 25.0 Å². The normalized spacial score (nSPS) is 26.1. The highest BCUT2D eigenvalue weighted by Crippen LogP contribution is 2.31. The summed E-state index contributed by atoms with van der Waals surface area (Å²) in [5.74, 6) is -0.575. The maximum atomic E-state index is 12.6. The number of amides is 2. The van der Waals surface area contributed by atoms with Gasteiger partial charge in [-0.1, -0.05) is 20.8 Å². The molecule has 0 spiro atoms. The Bertz CT molecular complexity index is 379. The number of carboxylic acid groups (broad SMARTS) is 1. The number of hydrogen-bond donors (Lipinski definition) is 1. The van der Waals surface area contributed by atoms with Gasteiger partial charge in [-0.3, -0.25) is 4.79 Å². The van der Waals surface area contributed by atoms with Crippen LogP contribution in [0.2, 0.25) is 0 Å². The number of aliphatic carboxylic acids is 1. The quantitative estimate of drug-likeness (QED) is 0.841. The first-order valence-electron chi connectivity index (χ1n) is 7.68. The van der Waals surface area contributed by atoms with E-state index >= 15 is 0 Å². The van der Waals surface area contributed by atoms with Gasteiger partial charge in [-0.15, -0.1) is 0 Å². The number of nitrogens with zero attached hydrogens (tertiary/aromatic N) is 2. The van der Waals surface area contributed by atoms with Crippen LogP contribution in [0, 0.1) is 17.8 Å². The van der Waals surface area contributed by atoms with Crippen LogP contribution in [0.3, 0.4) is 0 Å². The summed E-state index contributed by atoms with van der Waals surface area (Å²) in [4.78, 5) is 27.5. The molecular formula is C15H26N2O3. The molecule has 1 heterocycles. The SMILES string of the molecule is CC(C)CCN(C(=O)N1C[C@@H](C)[C@H](C(=O)O)C1)C1CC1. The van der Waals surface area contributed by atoms with Crippen LogP contribution in [0.25, 0.3) is 0 Å². The lowest BCUT2D eigenvalue weighted by Gasteiger charge is -2.28. The lowest BCUT2D eigenvalue weighted by molar-refractivity contribution is -0.142. The lowest BCUT2D eigenvalue weighted by Crippen LogP contribution is -2.44. The third kappa shape index (κ3) is 3.44. The number of carbonyl (C=O) groups is 2. The van der Waals surface area contributed by atoms with E-state index in [2.05, 4.69) is 13.8 Å². The zero-order chi connectivity index (χ0) is 14.9. The first-order chi connectivity index (χ1) is 9.40. The van der Waals surface area contributed by atoms with Crippen LogP contribution in [0.15, 0.2) is 0 Å². The molecule has 1 aliphatic heterocycles. The molecule has 2 fully saturated rings. The molecule has 2 aliphatic rings. The van der Waals surface area contributed by atoms with Crippen molar-refractivity contribution in [2.75, 3.05) is 19.6 Å². The Morgan fingerprint density at radius 3 is 2.40 bits per heavy atom. The Morgan fingerprint density at radius 2 is 1.95 bits per heavy atom. The molecule has 0 bridgehead atoms. The largest absolute Gasteiger partial charge is 0.481 e. The van der Waals surface area contributed by atoms with Crippen molar-refractivity contribution >= 4 is 12.0 Å². The van der Waals surface area contributed by atoms with Crippen LogP contribution in [0.1, 0.15) is 40.0 Å².